The van der Waals surface area contributed by atoms with Gasteiger partial charge in [0.2, 0.25) is 0 Å². The van der Waals surface area contributed by atoms with Crippen LogP contribution in [0.3, 0.4) is 0 Å². The maximum atomic E-state index is 12.9. The number of rotatable bonds is 7. The Bertz CT molecular complexity index is 385. The highest BCUT2D eigenvalue weighted by molar-refractivity contribution is 7.86. The van der Waals surface area contributed by atoms with Gasteiger partial charge in [0.25, 0.3) is 10.2 Å². The van der Waals surface area contributed by atoms with E-state index in [0.29, 0.717) is 32.1 Å². The first-order valence-electron chi connectivity index (χ1n) is 7.79. The lowest BCUT2D eigenvalue weighted by atomic mass is 9.99. The molecule has 0 amide bonds. The fraction of sp³-hybridized carbons (Fsp3) is 1.00. The lowest BCUT2D eigenvalue weighted by Gasteiger charge is -2.42. The van der Waals surface area contributed by atoms with E-state index in [0.717, 1.165) is 25.7 Å². The molecule has 1 heterocycles. The lowest BCUT2D eigenvalue weighted by molar-refractivity contribution is 0.180. The minimum absolute atomic E-state index is 0.354. The van der Waals surface area contributed by atoms with Gasteiger partial charge in [0.1, 0.15) is 0 Å². The second kappa shape index (κ2) is 7.20. The Balaban J connectivity index is 3.00. The van der Waals surface area contributed by atoms with E-state index < -0.39 is 15.7 Å². The van der Waals surface area contributed by atoms with Crippen molar-refractivity contribution < 1.29 is 8.42 Å². The van der Waals surface area contributed by atoms with Crippen LogP contribution in [0.25, 0.3) is 0 Å². The van der Waals surface area contributed by atoms with E-state index in [1.54, 1.807) is 8.61 Å². The number of hydrogen-bond acceptors (Lipinski definition) is 3. The van der Waals surface area contributed by atoms with Crippen molar-refractivity contribution in [2.75, 3.05) is 26.2 Å². The van der Waals surface area contributed by atoms with Crippen LogP contribution >= 0.6 is 0 Å². The van der Waals surface area contributed by atoms with Crippen LogP contribution in [-0.4, -0.2) is 48.7 Å². The average molecular weight is 305 g/mol. The third-order valence-electron chi connectivity index (χ3n) is 4.58. The molecule has 2 N–H and O–H groups in total. The summed E-state index contributed by atoms with van der Waals surface area (Å²) in [6, 6.07) is 0. The van der Waals surface area contributed by atoms with Gasteiger partial charge >= 0.3 is 0 Å². The highest BCUT2D eigenvalue weighted by atomic mass is 32.2. The van der Waals surface area contributed by atoms with Crippen molar-refractivity contribution in [1.82, 2.24) is 8.61 Å². The minimum Gasteiger partial charge on any atom is -0.329 e. The standard InChI is InChI=1S/C14H31N3O2S/c1-5-9-17(14(4,6-2)12-15)20(18,19)16-10-7-13(3)8-11-16/h13H,5-12,15H2,1-4H3. The smallest absolute Gasteiger partial charge is 0.282 e. The topological polar surface area (TPSA) is 66.6 Å². The monoisotopic (exact) mass is 305 g/mol. The van der Waals surface area contributed by atoms with Gasteiger partial charge in [0.05, 0.1) is 0 Å². The first-order valence-corrected chi connectivity index (χ1v) is 9.19. The zero-order chi connectivity index (χ0) is 15.4. The van der Waals surface area contributed by atoms with E-state index in [-0.39, 0.29) is 0 Å². The first kappa shape index (κ1) is 17.9. The van der Waals surface area contributed by atoms with Gasteiger partial charge in [0, 0.05) is 31.7 Å². The van der Waals surface area contributed by atoms with Crippen LogP contribution in [0.2, 0.25) is 0 Å². The van der Waals surface area contributed by atoms with E-state index in [2.05, 4.69) is 6.92 Å². The van der Waals surface area contributed by atoms with Crippen LogP contribution in [0.1, 0.15) is 53.4 Å². The molecular formula is C14H31N3O2S. The second-order valence-electron chi connectivity index (χ2n) is 6.22. The number of piperidine rings is 1. The van der Waals surface area contributed by atoms with E-state index >= 15 is 0 Å². The molecule has 1 aliphatic heterocycles. The molecule has 1 unspecified atom stereocenters. The van der Waals surface area contributed by atoms with Crippen molar-refractivity contribution in [3.8, 4) is 0 Å². The van der Waals surface area contributed by atoms with Gasteiger partial charge in [0.15, 0.2) is 0 Å². The molecule has 0 radical (unpaired) electrons. The molecule has 1 saturated heterocycles. The van der Waals surface area contributed by atoms with Gasteiger partial charge in [-0.05, 0) is 38.5 Å². The van der Waals surface area contributed by atoms with Crippen molar-refractivity contribution in [1.29, 1.82) is 0 Å². The molecule has 1 aliphatic rings. The van der Waals surface area contributed by atoms with Gasteiger partial charge < -0.3 is 5.73 Å². The van der Waals surface area contributed by atoms with Crippen molar-refractivity contribution in [3.05, 3.63) is 0 Å². The summed E-state index contributed by atoms with van der Waals surface area (Å²) in [7, 11) is -3.40. The number of nitrogens with zero attached hydrogens (tertiary/aromatic N) is 2. The molecule has 5 nitrogen and oxygen atoms in total. The Morgan fingerprint density at radius 2 is 1.85 bits per heavy atom. The molecule has 0 spiro atoms. The third-order valence-corrected chi connectivity index (χ3v) is 6.78. The third kappa shape index (κ3) is 3.72. The fourth-order valence-electron chi connectivity index (χ4n) is 2.64. The Morgan fingerprint density at radius 3 is 2.25 bits per heavy atom. The Kier molecular flexibility index (Phi) is 6.44. The molecule has 0 aromatic rings. The Labute approximate surface area is 124 Å². The predicted molar refractivity (Wildman–Crippen MR) is 83.6 cm³/mol. The van der Waals surface area contributed by atoms with Gasteiger partial charge in [-0.3, -0.25) is 0 Å². The maximum Gasteiger partial charge on any atom is 0.282 e. The number of hydrogen-bond donors (Lipinski definition) is 1. The molecule has 0 saturated carbocycles. The fourth-order valence-corrected chi connectivity index (χ4v) is 4.77. The van der Waals surface area contributed by atoms with Gasteiger partial charge in [-0.15, -0.1) is 0 Å². The average Bonchev–Trinajstić information content (AvgIpc) is 2.44. The molecule has 0 bridgehead atoms. The molecule has 120 valence electrons. The summed E-state index contributed by atoms with van der Waals surface area (Å²) >= 11 is 0. The second-order valence-corrected chi connectivity index (χ2v) is 8.07. The molecule has 6 heteroatoms. The van der Waals surface area contributed by atoms with Crippen molar-refractivity contribution in [3.63, 3.8) is 0 Å². The largest absolute Gasteiger partial charge is 0.329 e. The molecule has 20 heavy (non-hydrogen) atoms. The van der Waals surface area contributed by atoms with Gasteiger partial charge in [-0.2, -0.15) is 17.0 Å². The lowest BCUT2D eigenvalue weighted by Crippen LogP contribution is -2.58. The zero-order valence-corrected chi connectivity index (χ0v) is 14.2. The molecule has 1 rings (SSSR count). The molecule has 0 aromatic heterocycles. The van der Waals surface area contributed by atoms with Crippen molar-refractivity contribution >= 4 is 10.2 Å². The summed E-state index contributed by atoms with van der Waals surface area (Å²) in [5, 5.41) is 0. The summed E-state index contributed by atoms with van der Waals surface area (Å²) in [6.07, 6.45) is 3.43. The molecule has 0 aromatic carbocycles. The number of nitrogens with two attached hydrogens (primary N) is 1. The summed E-state index contributed by atoms with van der Waals surface area (Å²) < 4.78 is 29.2. The van der Waals surface area contributed by atoms with Crippen molar-refractivity contribution in [2.45, 2.75) is 58.9 Å². The first-order chi connectivity index (χ1) is 9.31. The summed E-state index contributed by atoms with van der Waals surface area (Å²) in [6.45, 7) is 10.3. The Morgan fingerprint density at radius 1 is 1.30 bits per heavy atom. The Hall–Kier alpha value is -0.170. The van der Waals surface area contributed by atoms with Crippen LogP contribution in [0.15, 0.2) is 0 Å². The van der Waals surface area contributed by atoms with Gasteiger partial charge in [-0.1, -0.05) is 20.8 Å². The maximum absolute atomic E-state index is 12.9. The summed E-state index contributed by atoms with van der Waals surface area (Å²) in [5.74, 6) is 0.619. The van der Waals surface area contributed by atoms with Crippen LogP contribution < -0.4 is 5.73 Å². The van der Waals surface area contributed by atoms with Crippen LogP contribution in [0, 0.1) is 5.92 Å². The highest BCUT2D eigenvalue weighted by Gasteiger charge is 2.41. The van der Waals surface area contributed by atoms with E-state index in [1.807, 2.05) is 20.8 Å². The van der Waals surface area contributed by atoms with Crippen LogP contribution in [-0.2, 0) is 10.2 Å². The zero-order valence-electron chi connectivity index (χ0n) is 13.4. The van der Waals surface area contributed by atoms with E-state index in [1.165, 1.54) is 0 Å². The quantitative estimate of drug-likeness (QED) is 0.780. The van der Waals surface area contributed by atoms with E-state index in [9.17, 15) is 8.42 Å². The van der Waals surface area contributed by atoms with Crippen LogP contribution in [0.5, 0.6) is 0 Å². The normalized spacial score (nSPS) is 22.1. The molecule has 1 fully saturated rings. The van der Waals surface area contributed by atoms with Crippen LogP contribution in [0.4, 0.5) is 0 Å². The predicted octanol–water partition coefficient (Wildman–Crippen LogP) is 1.80. The van der Waals surface area contributed by atoms with E-state index in [4.69, 9.17) is 5.73 Å². The summed E-state index contributed by atoms with van der Waals surface area (Å²) in [4.78, 5) is 0. The molecule has 1 atom stereocenters. The van der Waals surface area contributed by atoms with Gasteiger partial charge in [-0.25, -0.2) is 0 Å². The molecule has 0 aliphatic carbocycles. The molecular weight excluding hydrogens is 274 g/mol. The SMILES string of the molecule is CCCN(C(C)(CC)CN)S(=O)(=O)N1CCC(C)CC1. The van der Waals surface area contributed by atoms with Crippen molar-refractivity contribution in [2.24, 2.45) is 11.7 Å². The highest BCUT2D eigenvalue weighted by Crippen LogP contribution is 2.27. The summed E-state index contributed by atoms with van der Waals surface area (Å²) in [5.41, 5.74) is 5.38. The minimum atomic E-state index is -3.40.